The second-order valence-electron chi connectivity index (χ2n) is 4.51. The van der Waals surface area contributed by atoms with Crippen molar-refractivity contribution in [2.45, 2.75) is 19.9 Å². The van der Waals surface area contributed by atoms with Gasteiger partial charge in [-0.3, -0.25) is 4.79 Å². The van der Waals surface area contributed by atoms with Gasteiger partial charge in [0.25, 0.3) is 0 Å². The first-order valence-corrected chi connectivity index (χ1v) is 7.89. The summed E-state index contributed by atoms with van der Waals surface area (Å²) in [5.74, 6) is 0.286. The number of ether oxygens (including phenoxy) is 1. The third kappa shape index (κ3) is 4.37. The molecule has 0 fully saturated rings. The van der Waals surface area contributed by atoms with Gasteiger partial charge in [0.1, 0.15) is 5.75 Å². The monoisotopic (exact) mass is 324 g/mol. The van der Waals surface area contributed by atoms with Crippen LogP contribution in [0.4, 0.5) is 5.69 Å². The van der Waals surface area contributed by atoms with E-state index in [1.165, 1.54) is 11.3 Å². The molecule has 1 heterocycles. The predicted molar refractivity (Wildman–Crippen MR) is 87.4 cm³/mol. The van der Waals surface area contributed by atoms with Crippen LogP contribution in [0.2, 0.25) is 5.02 Å². The van der Waals surface area contributed by atoms with Crippen LogP contribution in [0, 0.1) is 0 Å². The summed E-state index contributed by atoms with van der Waals surface area (Å²) in [6.45, 7) is 3.31. The Labute approximate surface area is 132 Å². The van der Waals surface area contributed by atoms with E-state index in [0.717, 1.165) is 17.0 Å². The van der Waals surface area contributed by atoms with Crippen LogP contribution in [0.5, 0.6) is 5.75 Å². The normalized spacial score (nSPS) is 10.4. The third-order valence-electron chi connectivity index (χ3n) is 2.80. The van der Waals surface area contributed by atoms with Crippen LogP contribution in [0.15, 0.2) is 29.6 Å². The molecule has 0 saturated carbocycles. The first-order chi connectivity index (χ1) is 10.1. The summed E-state index contributed by atoms with van der Waals surface area (Å²) in [5, 5.41) is 5.59. The van der Waals surface area contributed by atoms with E-state index in [-0.39, 0.29) is 0 Å². The number of thiophene rings is 1. The molecule has 1 amide bonds. The molecule has 21 heavy (non-hydrogen) atoms. The molecule has 1 aromatic heterocycles. The average Bonchev–Trinajstić information content (AvgIpc) is 2.93. The number of rotatable bonds is 7. The van der Waals surface area contributed by atoms with Gasteiger partial charge in [-0.15, -0.1) is 11.3 Å². The van der Waals surface area contributed by atoms with Gasteiger partial charge in [0.15, 0.2) is 0 Å². The summed E-state index contributed by atoms with van der Waals surface area (Å²) in [4.78, 5) is 12.1. The lowest BCUT2D eigenvalue weighted by Crippen LogP contribution is -2.09. The van der Waals surface area contributed by atoms with Crippen molar-refractivity contribution in [3.8, 4) is 5.75 Å². The zero-order chi connectivity index (χ0) is 15.2. The highest BCUT2D eigenvalue weighted by Crippen LogP contribution is 2.28. The summed E-state index contributed by atoms with van der Waals surface area (Å²) in [6.07, 6.45) is 0.941. The molecule has 0 aliphatic heterocycles. The highest BCUT2D eigenvalue weighted by atomic mass is 35.5. The highest BCUT2D eigenvalue weighted by molar-refractivity contribution is 7.10. The van der Waals surface area contributed by atoms with Gasteiger partial charge in [-0.25, -0.2) is 0 Å². The number of anilines is 1. The van der Waals surface area contributed by atoms with E-state index in [2.05, 4.69) is 5.32 Å². The van der Waals surface area contributed by atoms with Crippen molar-refractivity contribution in [2.75, 3.05) is 11.9 Å². The van der Waals surface area contributed by atoms with Gasteiger partial charge in [0.2, 0.25) is 5.91 Å². The van der Waals surface area contributed by atoms with Gasteiger partial charge >= 0.3 is 0 Å². The fraction of sp³-hybridized carbons (Fsp3) is 0.267. The fourth-order valence-corrected chi connectivity index (χ4v) is 2.78. The summed E-state index contributed by atoms with van der Waals surface area (Å²) < 4.78 is 5.52. The van der Waals surface area contributed by atoms with Crippen LogP contribution in [-0.2, 0) is 6.54 Å². The SMILES string of the molecule is CCCOc1ccc(NCc2cc(C(N)=O)cs2)cc1Cl. The molecule has 2 rings (SSSR count). The molecule has 0 spiro atoms. The number of hydrogen-bond donors (Lipinski definition) is 2. The van der Waals surface area contributed by atoms with Crippen LogP contribution in [0.1, 0.15) is 28.6 Å². The number of halogens is 1. The molecule has 1 aromatic carbocycles. The molecule has 0 aliphatic carbocycles. The number of nitrogens with two attached hydrogens (primary N) is 1. The molecular weight excluding hydrogens is 308 g/mol. The van der Waals surface area contributed by atoms with E-state index >= 15 is 0 Å². The number of nitrogens with one attached hydrogen (secondary N) is 1. The largest absolute Gasteiger partial charge is 0.492 e. The third-order valence-corrected chi connectivity index (χ3v) is 4.03. The number of benzene rings is 1. The van der Waals surface area contributed by atoms with Crippen LogP contribution < -0.4 is 15.8 Å². The lowest BCUT2D eigenvalue weighted by Gasteiger charge is -2.10. The number of primary amides is 1. The van der Waals surface area contributed by atoms with Gasteiger partial charge in [-0.05, 0) is 30.7 Å². The average molecular weight is 325 g/mol. The second-order valence-corrected chi connectivity index (χ2v) is 5.92. The Bertz CT molecular complexity index is 628. The Kier molecular flexibility index (Phi) is 5.47. The van der Waals surface area contributed by atoms with Crippen molar-refractivity contribution < 1.29 is 9.53 Å². The quantitative estimate of drug-likeness (QED) is 0.811. The topological polar surface area (TPSA) is 64.3 Å². The minimum Gasteiger partial charge on any atom is -0.492 e. The molecule has 0 radical (unpaired) electrons. The Morgan fingerprint density at radius 1 is 1.43 bits per heavy atom. The maximum Gasteiger partial charge on any atom is 0.249 e. The molecule has 0 aliphatic rings. The standard InChI is InChI=1S/C15H17ClN2O2S/c1-2-5-20-14-4-3-11(7-13(14)16)18-8-12-6-10(9-21-12)15(17)19/h3-4,6-7,9,18H,2,5,8H2,1H3,(H2,17,19). The zero-order valence-corrected chi connectivity index (χ0v) is 13.3. The molecule has 0 unspecified atom stereocenters. The molecular formula is C15H17ClN2O2S. The van der Waals surface area contributed by atoms with Crippen molar-refractivity contribution in [3.05, 3.63) is 45.1 Å². The van der Waals surface area contributed by atoms with Gasteiger partial charge in [0.05, 0.1) is 17.2 Å². The number of amides is 1. The minimum atomic E-state index is -0.405. The Morgan fingerprint density at radius 3 is 2.86 bits per heavy atom. The smallest absolute Gasteiger partial charge is 0.249 e. The number of hydrogen-bond acceptors (Lipinski definition) is 4. The Hall–Kier alpha value is -1.72. The predicted octanol–water partition coefficient (Wildman–Crippen LogP) is 3.90. The van der Waals surface area contributed by atoms with Gasteiger partial charge in [0, 0.05) is 22.5 Å². The van der Waals surface area contributed by atoms with E-state index < -0.39 is 5.91 Å². The van der Waals surface area contributed by atoms with Crippen molar-refractivity contribution in [1.82, 2.24) is 0 Å². The molecule has 6 heteroatoms. The highest BCUT2D eigenvalue weighted by Gasteiger charge is 2.06. The molecule has 112 valence electrons. The van der Waals surface area contributed by atoms with E-state index in [9.17, 15) is 4.79 Å². The summed E-state index contributed by atoms with van der Waals surface area (Å²) in [6, 6.07) is 7.39. The van der Waals surface area contributed by atoms with Crippen LogP contribution in [0.25, 0.3) is 0 Å². The lowest BCUT2D eigenvalue weighted by molar-refractivity contribution is 0.100. The van der Waals surface area contributed by atoms with Crippen molar-refractivity contribution in [1.29, 1.82) is 0 Å². The summed E-state index contributed by atoms with van der Waals surface area (Å²) in [5.41, 5.74) is 6.67. The van der Waals surface area contributed by atoms with E-state index in [0.29, 0.717) is 29.5 Å². The zero-order valence-electron chi connectivity index (χ0n) is 11.7. The van der Waals surface area contributed by atoms with E-state index in [1.54, 1.807) is 11.4 Å². The molecule has 3 N–H and O–H groups in total. The number of carbonyl (C=O) groups is 1. The van der Waals surface area contributed by atoms with Crippen LogP contribution in [-0.4, -0.2) is 12.5 Å². The minimum absolute atomic E-state index is 0.405. The van der Waals surface area contributed by atoms with Crippen molar-refractivity contribution in [3.63, 3.8) is 0 Å². The maximum absolute atomic E-state index is 11.0. The van der Waals surface area contributed by atoms with E-state index in [4.69, 9.17) is 22.1 Å². The lowest BCUT2D eigenvalue weighted by atomic mass is 10.2. The second kappa shape index (κ2) is 7.33. The molecule has 4 nitrogen and oxygen atoms in total. The van der Waals surface area contributed by atoms with Crippen LogP contribution >= 0.6 is 22.9 Å². The Balaban J connectivity index is 1.96. The van der Waals surface area contributed by atoms with Gasteiger partial charge in [-0.1, -0.05) is 18.5 Å². The summed E-state index contributed by atoms with van der Waals surface area (Å²) in [7, 11) is 0. The van der Waals surface area contributed by atoms with Crippen LogP contribution in [0.3, 0.4) is 0 Å². The molecule has 2 aromatic rings. The first kappa shape index (κ1) is 15.7. The molecule has 0 atom stereocenters. The fourth-order valence-electron chi connectivity index (χ4n) is 1.73. The molecule has 0 bridgehead atoms. The maximum atomic E-state index is 11.0. The van der Waals surface area contributed by atoms with E-state index in [1.807, 2.05) is 25.1 Å². The number of carbonyl (C=O) groups excluding carboxylic acids is 1. The van der Waals surface area contributed by atoms with Gasteiger partial charge in [-0.2, -0.15) is 0 Å². The van der Waals surface area contributed by atoms with Crippen molar-refractivity contribution in [2.24, 2.45) is 5.73 Å². The Morgan fingerprint density at radius 2 is 2.24 bits per heavy atom. The van der Waals surface area contributed by atoms with Gasteiger partial charge < -0.3 is 15.8 Å². The molecule has 0 saturated heterocycles. The summed E-state index contributed by atoms with van der Waals surface area (Å²) >= 11 is 7.66. The first-order valence-electron chi connectivity index (χ1n) is 6.63. The van der Waals surface area contributed by atoms with Crippen molar-refractivity contribution >= 4 is 34.5 Å².